The first-order valence-electron chi connectivity index (χ1n) is 5.19. The molecular weight excluding hydrogens is 214 g/mol. The fraction of sp³-hybridized carbons (Fsp3) is 0.600. The minimum absolute atomic E-state index is 0.0317. The van der Waals surface area contributed by atoms with E-state index in [2.05, 4.69) is 14.7 Å². The van der Waals surface area contributed by atoms with E-state index in [1.165, 1.54) is 12.8 Å². The molecule has 0 radical (unpaired) electrons. The highest BCUT2D eigenvalue weighted by Crippen LogP contribution is 2.36. The Hall–Kier alpha value is -1.03. The number of halogens is 1. The summed E-state index contributed by atoms with van der Waals surface area (Å²) in [6, 6.07) is 0.625. The van der Waals surface area contributed by atoms with Gasteiger partial charge in [-0.3, -0.25) is 0 Å². The zero-order valence-electron chi connectivity index (χ0n) is 8.27. The second-order valence-electron chi connectivity index (χ2n) is 4.04. The summed E-state index contributed by atoms with van der Waals surface area (Å²) in [6.07, 6.45) is 7.05. The minimum Gasteiger partial charge on any atom is -0.391 e. The molecule has 5 heteroatoms. The fourth-order valence-electron chi connectivity index (χ4n) is 1.83. The number of nitrogens with zero attached hydrogens (tertiary/aromatic N) is 3. The van der Waals surface area contributed by atoms with Crippen LogP contribution >= 0.6 is 11.6 Å². The molecule has 1 aliphatic carbocycles. The predicted molar refractivity (Wildman–Crippen MR) is 57.2 cm³/mol. The lowest BCUT2D eigenvalue weighted by atomic mass is 10.1. The maximum absolute atomic E-state index is 5.73. The summed E-state index contributed by atoms with van der Waals surface area (Å²) < 4.78 is 2.19. The van der Waals surface area contributed by atoms with Crippen LogP contribution in [0.2, 0.25) is 0 Å². The van der Waals surface area contributed by atoms with Crippen molar-refractivity contribution >= 4 is 17.3 Å². The molecule has 0 amide bonds. The molecule has 0 bridgehead atoms. The van der Waals surface area contributed by atoms with Gasteiger partial charge in [0, 0.05) is 12.5 Å². The molecular formula is C10H12ClN3O. The topological polar surface area (TPSA) is 39.4 Å². The van der Waals surface area contributed by atoms with Crippen LogP contribution in [0.25, 0.3) is 0 Å². The highest BCUT2D eigenvalue weighted by atomic mass is 35.5. The first-order valence-corrected chi connectivity index (χ1v) is 5.73. The lowest BCUT2D eigenvalue weighted by molar-refractivity contribution is 0.102. The Morgan fingerprint density at radius 3 is 3.07 bits per heavy atom. The Kier molecular flexibility index (Phi) is 2.16. The third-order valence-corrected chi connectivity index (χ3v) is 3.15. The monoisotopic (exact) mass is 225 g/mol. The summed E-state index contributed by atoms with van der Waals surface area (Å²) >= 11 is 5.73. The smallest absolute Gasteiger partial charge is 0.146 e. The first kappa shape index (κ1) is 9.21. The Morgan fingerprint density at radius 2 is 2.40 bits per heavy atom. The van der Waals surface area contributed by atoms with Crippen molar-refractivity contribution in [2.45, 2.75) is 31.4 Å². The van der Waals surface area contributed by atoms with Crippen LogP contribution in [0.1, 0.15) is 31.0 Å². The molecule has 1 atom stereocenters. The van der Waals surface area contributed by atoms with Gasteiger partial charge >= 0.3 is 0 Å². The fourth-order valence-corrected chi connectivity index (χ4v) is 2.00. The molecule has 0 N–H and O–H groups in total. The van der Waals surface area contributed by atoms with Crippen molar-refractivity contribution in [2.75, 3.05) is 5.88 Å². The first-order chi connectivity index (χ1) is 7.38. The summed E-state index contributed by atoms with van der Waals surface area (Å²) in [5.74, 6) is 0.491. The molecule has 80 valence electrons. The zero-order valence-corrected chi connectivity index (χ0v) is 9.02. The summed E-state index contributed by atoms with van der Waals surface area (Å²) in [7, 11) is 0. The Morgan fingerprint density at radius 1 is 1.53 bits per heavy atom. The molecule has 2 aliphatic rings. The molecule has 1 aromatic rings. The van der Waals surface area contributed by atoms with E-state index in [0.29, 0.717) is 11.9 Å². The van der Waals surface area contributed by atoms with Gasteiger partial charge in [0.25, 0.3) is 0 Å². The van der Waals surface area contributed by atoms with E-state index in [1.807, 2.05) is 12.5 Å². The lowest BCUT2D eigenvalue weighted by Crippen LogP contribution is -2.12. The highest BCUT2D eigenvalue weighted by molar-refractivity contribution is 6.18. The highest BCUT2D eigenvalue weighted by Gasteiger charge is 2.29. The number of oxime groups is 1. The van der Waals surface area contributed by atoms with Gasteiger partial charge in [0.05, 0.1) is 24.1 Å². The average molecular weight is 226 g/mol. The van der Waals surface area contributed by atoms with Gasteiger partial charge in [0.1, 0.15) is 11.8 Å². The van der Waals surface area contributed by atoms with Crippen LogP contribution in [0, 0.1) is 0 Å². The normalized spacial score (nSPS) is 25.1. The van der Waals surface area contributed by atoms with Gasteiger partial charge in [0.2, 0.25) is 0 Å². The molecule has 1 saturated carbocycles. The molecule has 0 aromatic carbocycles. The molecule has 4 nitrogen and oxygen atoms in total. The maximum atomic E-state index is 5.73. The van der Waals surface area contributed by atoms with Crippen LogP contribution in [0.5, 0.6) is 0 Å². The van der Waals surface area contributed by atoms with Crippen LogP contribution in [-0.2, 0) is 4.84 Å². The predicted octanol–water partition coefficient (Wildman–Crippen LogP) is 1.95. The number of alkyl halides is 1. The summed E-state index contributed by atoms with van der Waals surface area (Å²) in [5.41, 5.74) is 2.06. The van der Waals surface area contributed by atoms with Gasteiger partial charge in [-0.2, -0.15) is 0 Å². The number of aromatic nitrogens is 2. The maximum Gasteiger partial charge on any atom is 0.146 e. The summed E-state index contributed by atoms with van der Waals surface area (Å²) in [4.78, 5) is 9.38. The van der Waals surface area contributed by atoms with Crippen molar-refractivity contribution in [3.05, 3.63) is 18.2 Å². The van der Waals surface area contributed by atoms with E-state index < -0.39 is 0 Å². The molecule has 1 aliphatic heterocycles. The van der Waals surface area contributed by atoms with E-state index in [1.54, 1.807) is 0 Å². The van der Waals surface area contributed by atoms with Crippen LogP contribution in [0.4, 0.5) is 0 Å². The second kappa shape index (κ2) is 3.52. The molecule has 2 heterocycles. The standard InChI is InChI=1S/C10H12ClN3O/c11-4-8-3-9(13-15-8)10-5-12-6-14(10)7-1-2-7/h5-8H,1-4H2. The minimum atomic E-state index is 0.0317. The van der Waals surface area contributed by atoms with Crippen LogP contribution < -0.4 is 0 Å². The van der Waals surface area contributed by atoms with E-state index in [-0.39, 0.29) is 6.10 Å². The van der Waals surface area contributed by atoms with Crippen molar-refractivity contribution < 1.29 is 4.84 Å². The SMILES string of the molecule is ClCC1CC(c2cncn2C2CC2)=NO1. The number of rotatable bonds is 3. The van der Waals surface area contributed by atoms with Crippen LogP contribution in [0.3, 0.4) is 0 Å². The van der Waals surface area contributed by atoms with Gasteiger partial charge < -0.3 is 9.40 Å². The molecule has 3 rings (SSSR count). The van der Waals surface area contributed by atoms with Crippen LogP contribution in [-0.4, -0.2) is 27.2 Å². The third-order valence-electron chi connectivity index (χ3n) is 2.81. The Bertz CT molecular complexity index is 397. The Balaban J connectivity index is 1.84. The number of hydrogen-bond acceptors (Lipinski definition) is 3. The molecule has 1 fully saturated rings. The van der Waals surface area contributed by atoms with Crippen molar-refractivity contribution in [1.29, 1.82) is 0 Å². The quantitative estimate of drug-likeness (QED) is 0.738. The molecule has 0 saturated heterocycles. The van der Waals surface area contributed by atoms with Gasteiger partial charge in [-0.15, -0.1) is 11.6 Å². The number of imidazole rings is 1. The molecule has 1 unspecified atom stereocenters. The largest absolute Gasteiger partial charge is 0.391 e. The molecule has 1 aromatic heterocycles. The Labute approximate surface area is 92.9 Å². The van der Waals surface area contributed by atoms with Gasteiger partial charge in [0.15, 0.2) is 0 Å². The van der Waals surface area contributed by atoms with Crippen molar-refractivity contribution in [1.82, 2.24) is 9.55 Å². The third kappa shape index (κ3) is 1.63. The number of hydrogen-bond donors (Lipinski definition) is 0. The van der Waals surface area contributed by atoms with Gasteiger partial charge in [-0.25, -0.2) is 4.98 Å². The summed E-state index contributed by atoms with van der Waals surface area (Å²) in [5, 5.41) is 4.07. The van der Waals surface area contributed by atoms with E-state index in [4.69, 9.17) is 16.4 Å². The summed E-state index contributed by atoms with van der Waals surface area (Å²) in [6.45, 7) is 0. The molecule has 15 heavy (non-hydrogen) atoms. The van der Waals surface area contributed by atoms with Gasteiger partial charge in [-0.1, -0.05) is 5.16 Å². The average Bonchev–Trinajstić information content (AvgIpc) is 2.83. The van der Waals surface area contributed by atoms with E-state index >= 15 is 0 Å². The van der Waals surface area contributed by atoms with Gasteiger partial charge in [-0.05, 0) is 12.8 Å². The molecule has 0 spiro atoms. The van der Waals surface area contributed by atoms with Crippen molar-refractivity contribution in [2.24, 2.45) is 5.16 Å². The van der Waals surface area contributed by atoms with Crippen LogP contribution in [0.15, 0.2) is 17.7 Å². The van der Waals surface area contributed by atoms with E-state index in [9.17, 15) is 0 Å². The van der Waals surface area contributed by atoms with Crippen molar-refractivity contribution in [3.63, 3.8) is 0 Å². The van der Waals surface area contributed by atoms with Crippen molar-refractivity contribution in [3.8, 4) is 0 Å². The van der Waals surface area contributed by atoms with E-state index in [0.717, 1.165) is 17.8 Å². The lowest BCUT2D eigenvalue weighted by Gasteiger charge is -2.04. The zero-order chi connectivity index (χ0) is 10.3. The second-order valence-corrected chi connectivity index (χ2v) is 4.35.